The second-order valence-electron chi connectivity index (χ2n) is 3.52. The van der Waals surface area contributed by atoms with Gasteiger partial charge in [-0.05, 0) is 36.8 Å². The largest absolute Gasteiger partial charge is 0.207 e. The van der Waals surface area contributed by atoms with Crippen molar-refractivity contribution < 1.29 is 4.39 Å². The van der Waals surface area contributed by atoms with Crippen LogP contribution >= 0.6 is 11.8 Å². The third-order valence-electron chi connectivity index (χ3n) is 2.03. The molecule has 0 amide bonds. The summed E-state index contributed by atoms with van der Waals surface area (Å²) in [5.74, 6) is 0.183. The van der Waals surface area contributed by atoms with Crippen LogP contribution in [0.3, 0.4) is 0 Å². The summed E-state index contributed by atoms with van der Waals surface area (Å²) in [6.07, 6.45) is 1.99. The Morgan fingerprint density at radius 3 is 2.38 bits per heavy atom. The molecule has 0 aromatic heterocycles. The molecule has 0 aliphatic carbocycles. The fourth-order valence-electron chi connectivity index (χ4n) is 1.45. The van der Waals surface area contributed by atoms with Crippen LogP contribution in [-0.4, -0.2) is 6.26 Å². The Morgan fingerprint density at radius 1 is 1.31 bits per heavy atom. The molecule has 0 spiro atoms. The van der Waals surface area contributed by atoms with E-state index in [9.17, 15) is 4.39 Å². The van der Waals surface area contributed by atoms with Crippen LogP contribution in [0.15, 0.2) is 17.0 Å². The molecule has 0 radical (unpaired) electrons. The van der Waals surface area contributed by atoms with Crippen molar-refractivity contribution in [2.75, 3.05) is 6.26 Å². The molecule has 0 N–H and O–H groups in total. The van der Waals surface area contributed by atoms with Crippen molar-refractivity contribution >= 4 is 11.8 Å². The SMILES string of the molecule is CSc1cc(C)cc(F)c1C(C)C. The molecule has 1 rings (SSSR count). The molecule has 0 heterocycles. The zero-order valence-corrected chi connectivity index (χ0v) is 9.33. The van der Waals surface area contributed by atoms with Gasteiger partial charge in [0, 0.05) is 10.5 Å². The topological polar surface area (TPSA) is 0 Å². The Morgan fingerprint density at radius 2 is 1.92 bits per heavy atom. The van der Waals surface area contributed by atoms with Gasteiger partial charge in [0.1, 0.15) is 5.82 Å². The van der Waals surface area contributed by atoms with Gasteiger partial charge in [-0.15, -0.1) is 11.8 Å². The van der Waals surface area contributed by atoms with Gasteiger partial charge in [-0.25, -0.2) is 4.39 Å². The van der Waals surface area contributed by atoms with Gasteiger partial charge in [-0.1, -0.05) is 13.8 Å². The fraction of sp³-hybridized carbons (Fsp3) is 0.455. The van der Waals surface area contributed by atoms with Crippen molar-refractivity contribution in [3.63, 3.8) is 0 Å². The monoisotopic (exact) mass is 198 g/mol. The molecule has 13 heavy (non-hydrogen) atoms. The van der Waals surface area contributed by atoms with Gasteiger partial charge < -0.3 is 0 Å². The van der Waals surface area contributed by atoms with E-state index in [1.54, 1.807) is 17.8 Å². The van der Waals surface area contributed by atoms with Gasteiger partial charge in [-0.2, -0.15) is 0 Å². The lowest BCUT2D eigenvalue weighted by Crippen LogP contribution is -1.96. The summed E-state index contributed by atoms with van der Waals surface area (Å²) in [5, 5.41) is 0. The lowest BCUT2D eigenvalue weighted by Gasteiger charge is -2.12. The van der Waals surface area contributed by atoms with Crippen molar-refractivity contribution in [1.29, 1.82) is 0 Å². The van der Waals surface area contributed by atoms with E-state index in [1.807, 2.05) is 33.1 Å². The fourth-order valence-corrected chi connectivity index (χ4v) is 2.31. The highest BCUT2D eigenvalue weighted by Crippen LogP contribution is 2.30. The Balaban J connectivity index is 3.30. The van der Waals surface area contributed by atoms with Gasteiger partial charge in [0.05, 0.1) is 0 Å². The second-order valence-corrected chi connectivity index (χ2v) is 4.37. The van der Waals surface area contributed by atoms with Gasteiger partial charge in [0.15, 0.2) is 0 Å². The second kappa shape index (κ2) is 4.14. The first-order valence-electron chi connectivity index (χ1n) is 4.40. The number of halogens is 1. The lowest BCUT2D eigenvalue weighted by atomic mass is 10.0. The highest BCUT2D eigenvalue weighted by atomic mass is 32.2. The van der Waals surface area contributed by atoms with E-state index in [2.05, 4.69) is 0 Å². The average molecular weight is 198 g/mol. The molecule has 0 saturated heterocycles. The normalized spacial score (nSPS) is 10.9. The van der Waals surface area contributed by atoms with E-state index in [0.29, 0.717) is 0 Å². The summed E-state index contributed by atoms with van der Waals surface area (Å²) in [4.78, 5) is 1.06. The molecular formula is C11H15FS. The zero-order valence-electron chi connectivity index (χ0n) is 8.52. The number of hydrogen-bond acceptors (Lipinski definition) is 1. The number of benzene rings is 1. The molecule has 72 valence electrons. The maximum absolute atomic E-state index is 13.5. The highest BCUT2D eigenvalue weighted by Gasteiger charge is 2.12. The molecule has 0 bridgehead atoms. The van der Waals surface area contributed by atoms with E-state index in [1.165, 1.54) is 0 Å². The first-order chi connectivity index (χ1) is 6.06. The molecule has 0 nitrogen and oxygen atoms in total. The third-order valence-corrected chi connectivity index (χ3v) is 2.81. The van der Waals surface area contributed by atoms with Crippen LogP contribution in [0.2, 0.25) is 0 Å². The molecule has 1 aromatic carbocycles. The number of aryl methyl sites for hydroxylation is 1. The summed E-state index contributed by atoms with van der Waals surface area (Å²) in [6.45, 7) is 5.97. The van der Waals surface area contributed by atoms with Crippen LogP contribution in [0.5, 0.6) is 0 Å². The molecule has 0 aliphatic heterocycles. The van der Waals surface area contributed by atoms with Crippen LogP contribution in [0, 0.1) is 12.7 Å². The molecule has 0 unspecified atom stereocenters. The van der Waals surface area contributed by atoms with E-state index in [-0.39, 0.29) is 11.7 Å². The summed E-state index contributed by atoms with van der Waals surface area (Å²) in [6, 6.07) is 3.65. The first-order valence-corrected chi connectivity index (χ1v) is 5.62. The number of thioether (sulfide) groups is 1. The smallest absolute Gasteiger partial charge is 0.128 e. The maximum Gasteiger partial charge on any atom is 0.128 e. The van der Waals surface area contributed by atoms with Crippen molar-refractivity contribution in [1.82, 2.24) is 0 Å². The summed E-state index contributed by atoms with van der Waals surface area (Å²) in [5.41, 5.74) is 1.84. The predicted octanol–water partition coefficient (Wildman–Crippen LogP) is 3.98. The third kappa shape index (κ3) is 2.25. The summed E-state index contributed by atoms with van der Waals surface area (Å²) in [7, 11) is 0. The number of hydrogen-bond donors (Lipinski definition) is 0. The molecular weight excluding hydrogens is 183 g/mol. The average Bonchev–Trinajstić information content (AvgIpc) is 2.01. The van der Waals surface area contributed by atoms with E-state index in [0.717, 1.165) is 16.0 Å². The molecule has 1 aromatic rings. The van der Waals surface area contributed by atoms with Gasteiger partial charge in [0.2, 0.25) is 0 Å². The zero-order chi connectivity index (χ0) is 10.0. The molecule has 2 heteroatoms. The standard InChI is InChI=1S/C11H15FS/c1-7(2)11-9(12)5-8(3)6-10(11)13-4/h5-7H,1-4H3. The van der Waals surface area contributed by atoms with Crippen LogP contribution in [0.1, 0.15) is 30.9 Å². The number of rotatable bonds is 2. The van der Waals surface area contributed by atoms with Crippen molar-refractivity contribution in [3.05, 3.63) is 29.1 Å². The molecule has 0 fully saturated rings. The van der Waals surface area contributed by atoms with Crippen molar-refractivity contribution in [3.8, 4) is 0 Å². The first kappa shape index (κ1) is 10.6. The minimum atomic E-state index is -0.0700. The Bertz CT molecular complexity index is 305. The minimum Gasteiger partial charge on any atom is -0.207 e. The summed E-state index contributed by atoms with van der Waals surface area (Å²) >= 11 is 1.61. The maximum atomic E-state index is 13.5. The van der Waals surface area contributed by atoms with Crippen LogP contribution in [0.25, 0.3) is 0 Å². The van der Waals surface area contributed by atoms with Gasteiger partial charge in [0.25, 0.3) is 0 Å². The quantitative estimate of drug-likeness (QED) is 0.648. The van der Waals surface area contributed by atoms with Gasteiger partial charge in [-0.3, -0.25) is 0 Å². The Labute approximate surface area is 83.5 Å². The molecule has 0 saturated carbocycles. The van der Waals surface area contributed by atoms with E-state index in [4.69, 9.17) is 0 Å². The van der Waals surface area contributed by atoms with Crippen LogP contribution in [-0.2, 0) is 0 Å². The molecule has 0 aliphatic rings. The van der Waals surface area contributed by atoms with Crippen LogP contribution < -0.4 is 0 Å². The Hall–Kier alpha value is -0.500. The highest BCUT2D eigenvalue weighted by molar-refractivity contribution is 7.98. The van der Waals surface area contributed by atoms with Crippen molar-refractivity contribution in [2.45, 2.75) is 31.6 Å². The lowest BCUT2D eigenvalue weighted by molar-refractivity contribution is 0.589. The van der Waals surface area contributed by atoms with E-state index < -0.39 is 0 Å². The minimum absolute atomic E-state index is 0.0700. The van der Waals surface area contributed by atoms with Crippen LogP contribution in [0.4, 0.5) is 4.39 Å². The van der Waals surface area contributed by atoms with E-state index >= 15 is 0 Å². The predicted molar refractivity (Wildman–Crippen MR) is 57.0 cm³/mol. The summed E-state index contributed by atoms with van der Waals surface area (Å²) < 4.78 is 13.5. The molecule has 0 atom stereocenters. The Kier molecular flexibility index (Phi) is 3.37. The van der Waals surface area contributed by atoms with Crippen molar-refractivity contribution in [2.24, 2.45) is 0 Å². The van der Waals surface area contributed by atoms with Gasteiger partial charge >= 0.3 is 0 Å².